The number of thioether (sulfide) groups is 1. The van der Waals surface area contributed by atoms with Gasteiger partial charge in [-0.1, -0.05) is 41.5 Å². The summed E-state index contributed by atoms with van der Waals surface area (Å²) in [4.78, 5) is 8.94. The molecule has 0 radical (unpaired) electrons. The van der Waals surface area contributed by atoms with Gasteiger partial charge in [0.05, 0.1) is 29.8 Å². The number of nitrogen functional groups attached to an aromatic ring is 1. The Morgan fingerprint density at radius 1 is 1.09 bits per heavy atom. The summed E-state index contributed by atoms with van der Waals surface area (Å²) < 4.78 is 34.4. The van der Waals surface area contributed by atoms with E-state index in [2.05, 4.69) is 72.3 Å². The van der Waals surface area contributed by atoms with Gasteiger partial charge >= 0.3 is 0 Å². The van der Waals surface area contributed by atoms with Gasteiger partial charge in [0.15, 0.2) is 26.5 Å². The van der Waals surface area contributed by atoms with Crippen molar-refractivity contribution in [2.45, 2.75) is 146 Å². The van der Waals surface area contributed by atoms with Crippen molar-refractivity contribution in [3.63, 3.8) is 0 Å². The van der Waals surface area contributed by atoms with E-state index in [1.807, 2.05) is 4.68 Å². The predicted molar refractivity (Wildman–Crippen MR) is 173 cm³/mol. The molecule has 3 aliphatic heterocycles. The van der Waals surface area contributed by atoms with Crippen LogP contribution in [0.4, 0.5) is 5.82 Å². The Labute approximate surface area is 262 Å². The number of hydrogen-bond acceptors (Lipinski definition) is 10. The first-order valence-electron chi connectivity index (χ1n) is 16.2. The molecule has 0 amide bonds. The molecule has 10 nitrogen and oxygen atoms in total. The van der Waals surface area contributed by atoms with Gasteiger partial charge in [0, 0.05) is 18.3 Å². The molecule has 0 unspecified atom stereocenters. The summed E-state index contributed by atoms with van der Waals surface area (Å²) in [5.74, 6) is 1.30. The number of ether oxygens (including phenoxy) is 4. The molecule has 0 aromatic carbocycles. The molecule has 12 heteroatoms. The van der Waals surface area contributed by atoms with Crippen molar-refractivity contribution in [3.8, 4) is 0 Å². The van der Waals surface area contributed by atoms with Crippen LogP contribution in [0.25, 0.3) is 11.0 Å². The third-order valence-electron chi connectivity index (χ3n) is 9.59. The zero-order valence-electron chi connectivity index (χ0n) is 27.5. The van der Waals surface area contributed by atoms with Gasteiger partial charge in [-0.15, -0.1) is 11.8 Å². The Morgan fingerprint density at radius 2 is 1.81 bits per heavy atom. The molecule has 3 fully saturated rings. The predicted octanol–water partition coefficient (Wildman–Crippen LogP) is 6.71. The van der Waals surface area contributed by atoms with Crippen LogP contribution in [0, 0.1) is 5.92 Å². The molecule has 3 aliphatic rings. The fourth-order valence-corrected chi connectivity index (χ4v) is 14.2. The molecule has 2 aromatic heterocycles. The van der Waals surface area contributed by atoms with Crippen molar-refractivity contribution in [2.24, 2.45) is 5.92 Å². The lowest BCUT2D eigenvalue weighted by molar-refractivity contribution is -0.179. The lowest BCUT2D eigenvalue weighted by atomic mass is 9.91. The number of anilines is 1. The number of nitrogens with two attached hydrogens (primary N) is 1. The maximum Gasteiger partial charge on any atom is 0.200 e. The van der Waals surface area contributed by atoms with Gasteiger partial charge in [-0.3, -0.25) is 0 Å². The van der Waals surface area contributed by atoms with Gasteiger partial charge in [0.1, 0.15) is 23.3 Å². The van der Waals surface area contributed by atoms with Gasteiger partial charge in [-0.05, 0) is 63.1 Å². The van der Waals surface area contributed by atoms with E-state index in [1.54, 1.807) is 11.8 Å². The first kappa shape index (κ1) is 33.1. The average molecular weight is 636 g/mol. The topological polar surface area (TPSA) is 116 Å². The summed E-state index contributed by atoms with van der Waals surface area (Å²) >= 11 is 1.60. The monoisotopic (exact) mass is 635 g/mol. The van der Waals surface area contributed by atoms with Crippen molar-refractivity contribution >= 4 is 36.9 Å². The molecule has 0 spiro atoms. The second kappa shape index (κ2) is 13.2. The highest BCUT2D eigenvalue weighted by Crippen LogP contribution is 2.50. The molecule has 5 heterocycles. The molecule has 2 aromatic rings. The summed E-state index contributed by atoms with van der Waals surface area (Å²) in [6, 6.07) is 0. The molecule has 3 saturated heterocycles. The number of hydrogen-bond donors (Lipinski definition) is 1. The minimum absolute atomic E-state index is 0.0148. The summed E-state index contributed by atoms with van der Waals surface area (Å²) in [6.07, 6.45) is 4.71. The third-order valence-corrected chi connectivity index (χ3v) is 16.9. The van der Waals surface area contributed by atoms with E-state index in [4.69, 9.17) is 34.2 Å². The summed E-state index contributed by atoms with van der Waals surface area (Å²) in [5, 5.41) is 6.58. The quantitative estimate of drug-likeness (QED) is 0.199. The Morgan fingerprint density at radius 3 is 2.47 bits per heavy atom. The van der Waals surface area contributed by atoms with Gasteiger partial charge in [-0.25, -0.2) is 14.6 Å². The highest BCUT2D eigenvalue weighted by Gasteiger charge is 2.56. The first-order chi connectivity index (χ1) is 20.3. The lowest BCUT2D eigenvalue weighted by Gasteiger charge is -2.43. The van der Waals surface area contributed by atoms with Gasteiger partial charge in [0.2, 0.25) is 0 Å². The van der Waals surface area contributed by atoms with E-state index < -0.39 is 14.5 Å². The normalized spacial score (nSPS) is 28.4. The van der Waals surface area contributed by atoms with E-state index in [9.17, 15) is 0 Å². The fraction of sp³-hybridized carbons (Fsp3) is 0.839. The zero-order chi connectivity index (χ0) is 31.1. The minimum Gasteiger partial charge on any atom is -0.413 e. The van der Waals surface area contributed by atoms with Crippen LogP contribution in [0.5, 0.6) is 0 Å². The van der Waals surface area contributed by atoms with Crippen LogP contribution in [-0.2, 0) is 23.4 Å². The largest absolute Gasteiger partial charge is 0.413 e. The van der Waals surface area contributed by atoms with E-state index in [1.165, 1.54) is 6.33 Å². The van der Waals surface area contributed by atoms with Crippen molar-refractivity contribution in [1.82, 2.24) is 19.7 Å². The first-order valence-corrected chi connectivity index (χ1v) is 19.3. The second-order valence-electron chi connectivity index (χ2n) is 14.2. The Bertz CT molecular complexity index is 1210. The molecule has 43 heavy (non-hydrogen) atoms. The standard InChI is InChI=1S/C31H53N5O5SSi/c1-18(2)43(19(3)4,20(5)6)38-15-23-22-14-31(8,9)41-26(22)30(40-23)36-28-25(27(32)33-17-34-28)29(35-36)42-16-21(7)39-24-12-10-11-13-37-24/h17-24,26,30H,10-16H2,1-9H3,(H2,32,33,34)/t21-,22-,23-,24-,26-,30-/m1/s1. The van der Waals surface area contributed by atoms with Crippen LogP contribution < -0.4 is 5.73 Å². The summed E-state index contributed by atoms with van der Waals surface area (Å²) in [7, 11) is -2.07. The van der Waals surface area contributed by atoms with Crippen LogP contribution in [-0.4, -0.2) is 77.2 Å². The van der Waals surface area contributed by atoms with E-state index in [0.29, 0.717) is 40.4 Å². The SMILES string of the molecule is CC(C)[Si](OC[C@H]1O[C@@H](n2nc(SC[C@@H](C)O[C@@H]3CCCCO3)c3c(N)ncnc32)[C@@H]2OC(C)(C)C[C@@H]21)(C(C)C)C(C)C. The van der Waals surface area contributed by atoms with Crippen LogP contribution in [0.2, 0.25) is 16.6 Å². The van der Waals surface area contributed by atoms with Crippen molar-refractivity contribution < 1.29 is 23.4 Å². The van der Waals surface area contributed by atoms with Crippen molar-refractivity contribution in [3.05, 3.63) is 6.33 Å². The number of fused-ring (bicyclic) bond motifs is 2. The smallest absolute Gasteiger partial charge is 0.200 e. The van der Waals surface area contributed by atoms with E-state index >= 15 is 0 Å². The minimum atomic E-state index is -2.07. The molecule has 5 rings (SSSR count). The van der Waals surface area contributed by atoms with Gasteiger partial charge in [-0.2, -0.15) is 5.10 Å². The molecule has 0 saturated carbocycles. The highest BCUT2D eigenvalue weighted by molar-refractivity contribution is 7.99. The molecule has 6 atom stereocenters. The lowest BCUT2D eigenvalue weighted by Crippen LogP contribution is -2.49. The molecule has 0 bridgehead atoms. The van der Waals surface area contributed by atoms with Crippen LogP contribution in [0.3, 0.4) is 0 Å². The molecule has 2 N–H and O–H groups in total. The third kappa shape index (κ3) is 6.66. The van der Waals surface area contributed by atoms with Gasteiger partial charge < -0.3 is 29.1 Å². The van der Waals surface area contributed by atoms with Crippen LogP contribution in [0.15, 0.2) is 11.4 Å². The maximum atomic E-state index is 7.05. The Balaban J connectivity index is 1.39. The van der Waals surface area contributed by atoms with Crippen molar-refractivity contribution in [2.75, 3.05) is 24.7 Å². The number of nitrogens with zero attached hydrogens (tertiary/aromatic N) is 4. The Kier molecular flexibility index (Phi) is 10.2. The average Bonchev–Trinajstić information content (AvgIpc) is 3.57. The van der Waals surface area contributed by atoms with Gasteiger partial charge in [0.25, 0.3) is 0 Å². The Hall–Kier alpha value is -1.28. The van der Waals surface area contributed by atoms with Crippen molar-refractivity contribution in [1.29, 1.82) is 0 Å². The second-order valence-corrected chi connectivity index (χ2v) is 20.6. The molecular weight excluding hydrogens is 583 g/mol. The zero-order valence-corrected chi connectivity index (χ0v) is 29.4. The molecule has 242 valence electrons. The van der Waals surface area contributed by atoms with Crippen LogP contribution in [0.1, 0.15) is 94.2 Å². The maximum absolute atomic E-state index is 7.05. The fourth-order valence-electron chi connectivity index (χ4n) is 7.80. The number of rotatable bonds is 12. The molecule has 0 aliphatic carbocycles. The van der Waals surface area contributed by atoms with E-state index in [0.717, 1.165) is 42.7 Å². The highest BCUT2D eigenvalue weighted by atomic mass is 32.2. The molecular formula is C31H53N5O5SSi. The summed E-state index contributed by atoms with van der Waals surface area (Å²) in [5.41, 5.74) is 8.33. The van der Waals surface area contributed by atoms with E-state index in [-0.39, 0.29) is 36.1 Å². The number of aromatic nitrogens is 4. The van der Waals surface area contributed by atoms with Crippen LogP contribution >= 0.6 is 11.8 Å². The summed E-state index contributed by atoms with van der Waals surface area (Å²) in [6.45, 7) is 21.7.